The molecule has 334 valence electrons. The Labute approximate surface area is 415 Å². The van der Waals surface area contributed by atoms with Crippen molar-refractivity contribution in [2.45, 2.75) is 0 Å². The smallest absolute Gasteiger partial charge is 0.0794 e. The second-order valence-electron chi connectivity index (χ2n) is 19.0. The molecular weight excluding hydrogens is 871 g/mol. The summed E-state index contributed by atoms with van der Waals surface area (Å²) in [6.45, 7) is 0. The van der Waals surface area contributed by atoms with Gasteiger partial charge in [0.2, 0.25) is 0 Å². The zero-order chi connectivity index (χ0) is 47.3. The number of aromatic nitrogens is 3. The maximum Gasteiger partial charge on any atom is 0.0794 e. The van der Waals surface area contributed by atoms with Crippen LogP contribution in [0, 0.1) is 0 Å². The van der Waals surface area contributed by atoms with Gasteiger partial charge in [-0.3, -0.25) is 0 Å². The Morgan fingerprint density at radius 1 is 0.222 bits per heavy atom. The van der Waals surface area contributed by atoms with Crippen LogP contribution < -0.4 is 0 Å². The molecule has 0 bridgehead atoms. The summed E-state index contributed by atoms with van der Waals surface area (Å²) in [5.41, 5.74) is 17.2. The second-order valence-corrected chi connectivity index (χ2v) is 19.0. The van der Waals surface area contributed by atoms with Crippen molar-refractivity contribution in [2.24, 2.45) is 0 Å². The average Bonchev–Trinajstić information content (AvgIpc) is 3.97. The molecule has 0 fully saturated rings. The van der Waals surface area contributed by atoms with Crippen LogP contribution in [0.2, 0.25) is 0 Å². The highest BCUT2D eigenvalue weighted by atomic mass is 15.0. The molecule has 0 radical (unpaired) electrons. The normalized spacial score (nSPS) is 11.9. The highest BCUT2D eigenvalue weighted by Gasteiger charge is 2.20. The van der Waals surface area contributed by atoms with Crippen molar-refractivity contribution in [3.8, 4) is 56.0 Å². The minimum atomic E-state index is 0.995. The summed E-state index contributed by atoms with van der Waals surface area (Å²) >= 11 is 0. The fourth-order valence-corrected chi connectivity index (χ4v) is 11.8. The summed E-state index contributed by atoms with van der Waals surface area (Å²) in [6.07, 6.45) is 0. The summed E-state index contributed by atoms with van der Waals surface area (Å²) < 4.78 is 4.84. The molecule has 3 heteroatoms. The summed E-state index contributed by atoms with van der Waals surface area (Å²) in [6, 6.07) is 95.4. The monoisotopic (exact) mass is 913 g/mol. The van der Waals surface area contributed by atoms with Crippen LogP contribution in [0.25, 0.3) is 143 Å². The second kappa shape index (κ2) is 16.0. The first kappa shape index (κ1) is 40.3. The van der Waals surface area contributed by atoms with Gasteiger partial charge in [0, 0.05) is 54.6 Å². The van der Waals surface area contributed by atoms with E-state index in [0.717, 1.165) is 39.2 Å². The van der Waals surface area contributed by atoms with Gasteiger partial charge in [-0.05, 0) is 134 Å². The van der Waals surface area contributed by atoms with Crippen molar-refractivity contribution in [1.82, 2.24) is 14.1 Å². The summed E-state index contributed by atoms with van der Waals surface area (Å²) in [5.74, 6) is 0. The lowest BCUT2D eigenvalue weighted by Gasteiger charge is -2.16. The Bertz CT molecular complexity index is 4640. The zero-order valence-electron chi connectivity index (χ0n) is 39.2. The predicted octanol–water partition coefficient (Wildman–Crippen LogP) is 18.6. The van der Waals surface area contributed by atoms with Crippen LogP contribution in [0.3, 0.4) is 0 Å². The molecule has 0 N–H and O–H groups in total. The van der Waals surface area contributed by atoms with Crippen LogP contribution in [0.4, 0.5) is 0 Å². The van der Waals surface area contributed by atoms with Crippen molar-refractivity contribution in [2.75, 3.05) is 0 Å². The van der Waals surface area contributed by atoms with Crippen LogP contribution in [-0.4, -0.2) is 14.1 Å². The molecular formula is C69H43N3. The zero-order valence-corrected chi connectivity index (χ0v) is 39.2. The van der Waals surface area contributed by atoms with Gasteiger partial charge >= 0.3 is 0 Å². The van der Waals surface area contributed by atoms with E-state index in [2.05, 4.69) is 270 Å². The van der Waals surface area contributed by atoms with Crippen LogP contribution in [-0.2, 0) is 0 Å². The van der Waals surface area contributed by atoms with Crippen molar-refractivity contribution in [3.63, 3.8) is 0 Å². The van der Waals surface area contributed by atoms with Gasteiger partial charge in [0.15, 0.2) is 0 Å². The van der Waals surface area contributed by atoms with E-state index in [4.69, 9.17) is 4.98 Å². The van der Waals surface area contributed by atoms with E-state index < -0.39 is 0 Å². The number of fused-ring (bicyclic) bond motifs is 14. The van der Waals surface area contributed by atoms with Crippen molar-refractivity contribution >= 4 is 86.8 Å². The highest BCUT2D eigenvalue weighted by Crippen LogP contribution is 2.44. The van der Waals surface area contributed by atoms with Gasteiger partial charge in [-0.15, -0.1) is 0 Å². The molecule has 0 aliphatic heterocycles. The SMILES string of the molecule is c1ccc(-c2ccc3c(c2)c2cc(-c4ccc5c(c4)c4cc(-c6ccccc6)ccc4n5-c4ccc(-c5nc6ccccc6c6c7ccccc7c7ccccc7c56)cc4)ccc2n3-c2ccccc2)cc1. The van der Waals surface area contributed by atoms with Crippen molar-refractivity contribution < 1.29 is 0 Å². The molecule has 0 atom stereocenters. The Balaban J connectivity index is 0.916. The maximum atomic E-state index is 5.46. The first-order valence-corrected chi connectivity index (χ1v) is 24.8. The van der Waals surface area contributed by atoms with Crippen LogP contribution >= 0.6 is 0 Å². The van der Waals surface area contributed by atoms with Gasteiger partial charge in [0.1, 0.15) is 0 Å². The maximum absolute atomic E-state index is 5.46. The Hall–Kier alpha value is -9.57. The van der Waals surface area contributed by atoms with E-state index in [-0.39, 0.29) is 0 Å². The summed E-state index contributed by atoms with van der Waals surface area (Å²) in [5, 5.41) is 13.5. The van der Waals surface area contributed by atoms with Crippen LogP contribution in [0.5, 0.6) is 0 Å². The third kappa shape index (κ3) is 6.21. The highest BCUT2D eigenvalue weighted by molar-refractivity contribution is 6.33. The number of hydrogen-bond acceptors (Lipinski definition) is 1. The molecule has 72 heavy (non-hydrogen) atoms. The lowest BCUT2D eigenvalue weighted by molar-refractivity contribution is 1.18. The topological polar surface area (TPSA) is 22.8 Å². The predicted molar refractivity (Wildman–Crippen MR) is 305 cm³/mol. The number of rotatable bonds is 6. The number of para-hydroxylation sites is 2. The lowest BCUT2D eigenvalue weighted by atomic mass is 9.90. The minimum Gasteiger partial charge on any atom is -0.309 e. The largest absolute Gasteiger partial charge is 0.309 e. The number of pyridine rings is 1. The Kier molecular flexibility index (Phi) is 8.96. The number of hydrogen-bond donors (Lipinski definition) is 0. The van der Waals surface area contributed by atoms with E-state index in [9.17, 15) is 0 Å². The molecule has 0 saturated heterocycles. The lowest BCUT2D eigenvalue weighted by Crippen LogP contribution is -1.96. The first-order chi connectivity index (χ1) is 35.7. The standard InChI is InChI=1S/C69H43N3/c1-4-16-44(17-5-1)47-30-36-63-58(40-47)60-42-49(32-38-64(60)71(63)51-20-8-3-9-21-51)50-33-39-66-61(43-50)59-41-48(45-18-6-2-7-19-45)31-37-65(59)72(66)52-34-28-46(29-35-52)69-68-56-25-13-11-23-54(56)53-22-10-12-24-55(53)67(68)57-26-14-15-27-62(57)70-69/h1-43H. The van der Waals surface area contributed by atoms with Gasteiger partial charge in [0.25, 0.3) is 0 Å². The molecule has 12 aromatic carbocycles. The molecule has 3 heterocycles. The van der Waals surface area contributed by atoms with Gasteiger partial charge in [-0.25, -0.2) is 4.98 Å². The van der Waals surface area contributed by atoms with E-state index in [1.807, 2.05) is 0 Å². The molecule has 0 aliphatic rings. The number of nitrogens with zero attached hydrogens (tertiary/aromatic N) is 3. The molecule has 0 saturated carbocycles. The van der Waals surface area contributed by atoms with Crippen LogP contribution in [0.15, 0.2) is 261 Å². The fourth-order valence-electron chi connectivity index (χ4n) is 11.8. The molecule has 15 aromatic rings. The van der Waals surface area contributed by atoms with E-state index in [1.165, 1.54) is 104 Å². The number of benzene rings is 12. The summed E-state index contributed by atoms with van der Waals surface area (Å²) in [4.78, 5) is 5.46. The molecule has 0 unspecified atom stereocenters. The Morgan fingerprint density at radius 2 is 0.569 bits per heavy atom. The first-order valence-electron chi connectivity index (χ1n) is 24.8. The van der Waals surface area contributed by atoms with Gasteiger partial charge < -0.3 is 9.13 Å². The quantitative estimate of drug-likeness (QED) is 0.152. The van der Waals surface area contributed by atoms with Gasteiger partial charge in [-0.2, -0.15) is 0 Å². The molecule has 15 rings (SSSR count). The van der Waals surface area contributed by atoms with Gasteiger partial charge in [0.05, 0.1) is 33.3 Å². The molecule has 0 aliphatic carbocycles. The molecule has 3 nitrogen and oxygen atoms in total. The average molecular weight is 914 g/mol. The van der Waals surface area contributed by atoms with E-state index >= 15 is 0 Å². The van der Waals surface area contributed by atoms with E-state index in [1.54, 1.807) is 0 Å². The van der Waals surface area contributed by atoms with Crippen LogP contribution in [0.1, 0.15) is 0 Å². The van der Waals surface area contributed by atoms with Gasteiger partial charge in [-0.1, -0.05) is 182 Å². The van der Waals surface area contributed by atoms with Crippen molar-refractivity contribution in [3.05, 3.63) is 261 Å². The summed E-state index contributed by atoms with van der Waals surface area (Å²) in [7, 11) is 0. The molecule has 0 amide bonds. The third-order valence-corrected chi connectivity index (χ3v) is 15.1. The molecule has 0 spiro atoms. The minimum absolute atomic E-state index is 0.995. The third-order valence-electron chi connectivity index (χ3n) is 15.1. The van der Waals surface area contributed by atoms with Crippen molar-refractivity contribution in [1.29, 1.82) is 0 Å². The Morgan fingerprint density at radius 3 is 1.04 bits per heavy atom. The van der Waals surface area contributed by atoms with E-state index in [0.29, 0.717) is 0 Å². The molecule has 3 aromatic heterocycles. The fraction of sp³-hybridized carbons (Fsp3) is 0.